The standard InChI is InChI=1S/C20H35N5O2S/c1-6-21-20(22-12-13-25(5)16-10-8-9-11-16)24-15(4)18-23-14(3)17(28-18)19(26)27-7-2/h15-16H,6-13H2,1-5H3,(H2,21,22,24). The first-order valence-corrected chi connectivity index (χ1v) is 11.2. The van der Waals surface area contributed by atoms with Crippen molar-refractivity contribution in [1.29, 1.82) is 0 Å². The summed E-state index contributed by atoms with van der Waals surface area (Å²) >= 11 is 1.38. The molecule has 0 saturated heterocycles. The van der Waals surface area contributed by atoms with Gasteiger partial charge in [-0.25, -0.2) is 9.78 Å². The highest BCUT2D eigenvalue weighted by molar-refractivity contribution is 7.13. The van der Waals surface area contributed by atoms with Gasteiger partial charge in [0.2, 0.25) is 0 Å². The van der Waals surface area contributed by atoms with Gasteiger partial charge in [0.25, 0.3) is 0 Å². The summed E-state index contributed by atoms with van der Waals surface area (Å²) in [4.78, 5) is 24.3. The maximum absolute atomic E-state index is 12.0. The van der Waals surface area contributed by atoms with Crippen molar-refractivity contribution in [2.45, 2.75) is 65.5 Å². The Balaban J connectivity index is 1.94. The van der Waals surface area contributed by atoms with Gasteiger partial charge < -0.3 is 20.3 Å². The van der Waals surface area contributed by atoms with E-state index >= 15 is 0 Å². The van der Waals surface area contributed by atoms with Crippen LogP contribution in [0.4, 0.5) is 0 Å². The number of hydrogen-bond acceptors (Lipinski definition) is 6. The number of ether oxygens (including phenoxy) is 1. The second kappa shape index (κ2) is 11.4. The van der Waals surface area contributed by atoms with Gasteiger partial charge in [-0.2, -0.15) is 0 Å². The van der Waals surface area contributed by atoms with Crippen molar-refractivity contribution in [3.8, 4) is 0 Å². The lowest BCUT2D eigenvalue weighted by atomic mass is 10.2. The first-order chi connectivity index (χ1) is 13.5. The molecule has 1 fully saturated rings. The second-order valence-corrected chi connectivity index (χ2v) is 8.26. The number of rotatable bonds is 9. The van der Waals surface area contributed by atoms with E-state index < -0.39 is 0 Å². The van der Waals surface area contributed by atoms with E-state index in [2.05, 4.69) is 34.5 Å². The molecule has 1 aliphatic carbocycles. The average molecular weight is 410 g/mol. The van der Waals surface area contributed by atoms with Gasteiger partial charge in [-0.05, 0) is 47.6 Å². The van der Waals surface area contributed by atoms with E-state index in [4.69, 9.17) is 9.73 Å². The molecular formula is C20H35N5O2S. The Morgan fingerprint density at radius 1 is 1.39 bits per heavy atom. The molecule has 0 amide bonds. The molecule has 0 bridgehead atoms. The fraction of sp³-hybridized carbons (Fsp3) is 0.750. The number of thiazole rings is 1. The monoisotopic (exact) mass is 409 g/mol. The largest absolute Gasteiger partial charge is 0.462 e. The Kier molecular flexibility index (Phi) is 9.18. The lowest BCUT2D eigenvalue weighted by Crippen LogP contribution is -2.39. The Morgan fingerprint density at radius 3 is 2.75 bits per heavy atom. The van der Waals surface area contributed by atoms with Crippen LogP contribution in [-0.4, -0.2) is 61.1 Å². The molecule has 1 aromatic heterocycles. The van der Waals surface area contributed by atoms with Crippen LogP contribution in [0.25, 0.3) is 0 Å². The second-order valence-electron chi connectivity index (χ2n) is 7.23. The number of nitrogens with zero attached hydrogens (tertiary/aromatic N) is 3. The van der Waals surface area contributed by atoms with E-state index in [-0.39, 0.29) is 12.0 Å². The SMILES string of the molecule is CCNC(=NCCN(C)C1CCCC1)NC(C)c1nc(C)c(C(=O)OCC)s1. The minimum atomic E-state index is -0.300. The highest BCUT2D eigenvalue weighted by Gasteiger charge is 2.21. The van der Waals surface area contributed by atoms with E-state index in [1.165, 1.54) is 37.0 Å². The highest BCUT2D eigenvalue weighted by Crippen LogP contribution is 2.24. The van der Waals surface area contributed by atoms with Crippen molar-refractivity contribution in [1.82, 2.24) is 20.5 Å². The van der Waals surface area contributed by atoms with Crippen LogP contribution >= 0.6 is 11.3 Å². The van der Waals surface area contributed by atoms with Crippen molar-refractivity contribution in [2.75, 3.05) is 33.3 Å². The van der Waals surface area contributed by atoms with Gasteiger partial charge in [0.05, 0.1) is 24.9 Å². The highest BCUT2D eigenvalue weighted by atomic mass is 32.1. The Labute approximate surface area is 173 Å². The maximum Gasteiger partial charge on any atom is 0.350 e. The van der Waals surface area contributed by atoms with Crippen LogP contribution in [0.2, 0.25) is 0 Å². The number of hydrogen-bond donors (Lipinski definition) is 2. The smallest absolute Gasteiger partial charge is 0.350 e. The van der Waals surface area contributed by atoms with E-state index in [1.807, 2.05) is 20.8 Å². The molecular weight excluding hydrogens is 374 g/mol. The van der Waals surface area contributed by atoms with Gasteiger partial charge in [-0.15, -0.1) is 11.3 Å². The molecule has 2 rings (SSSR count). The number of guanidine groups is 1. The number of likely N-dealkylation sites (N-methyl/N-ethyl adjacent to an activating group) is 1. The normalized spacial score (nSPS) is 16.4. The predicted octanol–water partition coefficient (Wildman–Crippen LogP) is 3.12. The molecule has 7 nitrogen and oxygen atoms in total. The van der Waals surface area contributed by atoms with Crippen LogP contribution in [0.3, 0.4) is 0 Å². The topological polar surface area (TPSA) is 78.9 Å². The maximum atomic E-state index is 12.0. The molecule has 1 atom stereocenters. The molecule has 1 heterocycles. The fourth-order valence-corrected chi connectivity index (χ4v) is 4.39. The Morgan fingerprint density at radius 2 is 2.11 bits per heavy atom. The zero-order valence-electron chi connectivity index (χ0n) is 17.9. The van der Waals surface area contributed by atoms with E-state index in [1.54, 1.807) is 0 Å². The van der Waals surface area contributed by atoms with Crippen molar-refractivity contribution >= 4 is 23.3 Å². The van der Waals surface area contributed by atoms with Crippen molar-refractivity contribution < 1.29 is 9.53 Å². The summed E-state index contributed by atoms with van der Waals surface area (Å²) < 4.78 is 5.11. The zero-order valence-corrected chi connectivity index (χ0v) is 18.7. The average Bonchev–Trinajstić information content (AvgIpc) is 3.31. The van der Waals surface area contributed by atoms with Gasteiger partial charge >= 0.3 is 5.97 Å². The molecule has 8 heteroatoms. The van der Waals surface area contributed by atoms with Crippen LogP contribution in [-0.2, 0) is 4.74 Å². The van der Waals surface area contributed by atoms with Gasteiger partial charge in [0, 0.05) is 19.1 Å². The number of carbonyl (C=O) groups is 1. The molecule has 158 valence electrons. The zero-order chi connectivity index (χ0) is 20.5. The van der Waals surface area contributed by atoms with E-state index in [9.17, 15) is 4.79 Å². The molecule has 0 aliphatic heterocycles. The third kappa shape index (κ3) is 6.44. The van der Waals surface area contributed by atoms with Crippen LogP contribution in [0.15, 0.2) is 4.99 Å². The number of aromatic nitrogens is 1. The summed E-state index contributed by atoms with van der Waals surface area (Å²) in [5.74, 6) is 0.479. The summed E-state index contributed by atoms with van der Waals surface area (Å²) in [6, 6.07) is 0.668. The number of aryl methyl sites for hydroxylation is 1. The number of aliphatic imine (C=N–C) groups is 1. The van der Waals surface area contributed by atoms with Crippen LogP contribution in [0.5, 0.6) is 0 Å². The van der Waals surface area contributed by atoms with Crippen LogP contribution in [0, 0.1) is 6.92 Å². The molecule has 1 aliphatic rings. The minimum absolute atomic E-state index is 0.0442. The molecule has 0 radical (unpaired) electrons. The summed E-state index contributed by atoms with van der Waals surface area (Å²) in [6.45, 7) is 10.6. The van der Waals surface area contributed by atoms with E-state index in [0.29, 0.717) is 23.2 Å². The first-order valence-electron chi connectivity index (χ1n) is 10.4. The van der Waals surface area contributed by atoms with Crippen molar-refractivity contribution in [2.24, 2.45) is 4.99 Å². The minimum Gasteiger partial charge on any atom is -0.462 e. The summed E-state index contributed by atoms with van der Waals surface area (Å²) in [5, 5.41) is 7.56. The van der Waals surface area contributed by atoms with Crippen molar-refractivity contribution in [3.63, 3.8) is 0 Å². The van der Waals surface area contributed by atoms with Gasteiger partial charge in [0.1, 0.15) is 9.88 Å². The number of carbonyl (C=O) groups excluding carboxylic acids is 1. The molecule has 2 N–H and O–H groups in total. The first kappa shape index (κ1) is 22.6. The van der Waals surface area contributed by atoms with Gasteiger partial charge in [-0.3, -0.25) is 4.99 Å². The number of esters is 1. The molecule has 1 saturated carbocycles. The lowest BCUT2D eigenvalue weighted by molar-refractivity contribution is 0.0531. The summed E-state index contributed by atoms with van der Waals surface area (Å²) in [6.07, 6.45) is 5.31. The summed E-state index contributed by atoms with van der Waals surface area (Å²) in [5.41, 5.74) is 0.715. The fourth-order valence-electron chi connectivity index (χ4n) is 3.42. The van der Waals surface area contributed by atoms with Crippen molar-refractivity contribution in [3.05, 3.63) is 15.6 Å². The molecule has 1 unspecified atom stereocenters. The third-order valence-corrected chi connectivity index (χ3v) is 6.33. The van der Waals surface area contributed by atoms with E-state index in [0.717, 1.165) is 30.6 Å². The lowest BCUT2D eigenvalue weighted by Gasteiger charge is -2.23. The quantitative estimate of drug-likeness (QED) is 0.371. The Bertz CT molecular complexity index is 655. The van der Waals surface area contributed by atoms with Crippen LogP contribution in [0.1, 0.15) is 72.9 Å². The molecule has 28 heavy (non-hydrogen) atoms. The molecule has 0 aromatic carbocycles. The molecule has 1 aromatic rings. The van der Waals surface area contributed by atoms with Gasteiger partial charge in [-0.1, -0.05) is 12.8 Å². The summed E-state index contributed by atoms with van der Waals surface area (Å²) in [7, 11) is 2.20. The third-order valence-electron chi connectivity index (χ3n) is 5.01. The number of nitrogens with one attached hydrogen (secondary N) is 2. The molecule has 0 spiro atoms. The predicted molar refractivity (Wildman–Crippen MR) is 115 cm³/mol. The Hall–Kier alpha value is -1.67. The van der Waals surface area contributed by atoms with Crippen LogP contribution < -0.4 is 10.6 Å². The van der Waals surface area contributed by atoms with Gasteiger partial charge in [0.15, 0.2) is 5.96 Å².